The van der Waals surface area contributed by atoms with Crippen molar-refractivity contribution in [2.24, 2.45) is 17.3 Å². The summed E-state index contributed by atoms with van der Waals surface area (Å²) in [5.41, 5.74) is 3.06. The minimum atomic E-state index is -0.0979. The second kappa shape index (κ2) is 5.51. The van der Waals surface area contributed by atoms with Gasteiger partial charge in [-0.3, -0.25) is 0 Å². The van der Waals surface area contributed by atoms with Gasteiger partial charge in [-0.25, -0.2) is 0 Å². The summed E-state index contributed by atoms with van der Waals surface area (Å²) in [6.45, 7) is 4.60. The zero-order valence-corrected chi connectivity index (χ0v) is 14.5. The number of hydrogen-bond acceptors (Lipinski definition) is 2. The zero-order chi connectivity index (χ0) is 16.2. The highest BCUT2D eigenvalue weighted by Crippen LogP contribution is 2.62. The minimum Gasteiger partial charge on any atom is -0.508 e. The molecule has 0 aliphatic heterocycles. The van der Waals surface area contributed by atoms with Gasteiger partial charge >= 0.3 is 0 Å². The Morgan fingerprint density at radius 2 is 2.00 bits per heavy atom. The molecule has 0 heterocycles. The standard InChI is InChI=1S/C21H30O2/c1-3-4-13-11-18-16(15-6-5-14(22)12-17(13)15)9-10-21(2)19(18)7-8-20(21)23/h5-6,12-13,16,18-20,22-23H,3-4,7-11H2,1-2H3/t13-,16-,18-,19+,20+,21+/m1/s1. The number of phenols is 1. The third-order valence-corrected chi connectivity index (χ3v) is 7.49. The first kappa shape index (κ1) is 15.5. The smallest absolute Gasteiger partial charge is 0.115 e. The summed E-state index contributed by atoms with van der Waals surface area (Å²) in [5, 5.41) is 20.5. The van der Waals surface area contributed by atoms with Crippen molar-refractivity contribution in [3.05, 3.63) is 29.3 Å². The normalized spacial score (nSPS) is 42.0. The molecule has 2 N–H and O–H groups in total. The summed E-state index contributed by atoms with van der Waals surface area (Å²) >= 11 is 0. The number of rotatable bonds is 2. The fraction of sp³-hybridized carbons (Fsp3) is 0.714. The van der Waals surface area contributed by atoms with E-state index in [2.05, 4.69) is 19.9 Å². The van der Waals surface area contributed by atoms with E-state index < -0.39 is 0 Å². The zero-order valence-electron chi connectivity index (χ0n) is 14.5. The lowest BCUT2D eigenvalue weighted by Gasteiger charge is -2.51. The van der Waals surface area contributed by atoms with Crippen molar-refractivity contribution in [1.82, 2.24) is 0 Å². The quantitative estimate of drug-likeness (QED) is 0.811. The average molecular weight is 314 g/mol. The molecule has 0 amide bonds. The predicted molar refractivity (Wildman–Crippen MR) is 92.7 cm³/mol. The Balaban J connectivity index is 1.74. The van der Waals surface area contributed by atoms with Crippen molar-refractivity contribution in [3.8, 4) is 5.75 Å². The fourth-order valence-corrected chi connectivity index (χ4v) is 6.31. The van der Waals surface area contributed by atoms with E-state index in [1.54, 1.807) is 0 Å². The number of aliphatic hydroxyl groups excluding tert-OH is 1. The van der Waals surface area contributed by atoms with E-state index in [0.717, 1.165) is 18.8 Å². The summed E-state index contributed by atoms with van der Waals surface area (Å²) in [4.78, 5) is 0. The van der Waals surface area contributed by atoms with Gasteiger partial charge in [0.05, 0.1) is 6.10 Å². The van der Waals surface area contributed by atoms with Crippen molar-refractivity contribution in [1.29, 1.82) is 0 Å². The van der Waals surface area contributed by atoms with Gasteiger partial charge in [0.15, 0.2) is 0 Å². The molecule has 6 atom stereocenters. The van der Waals surface area contributed by atoms with Crippen LogP contribution in [-0.4, -0.2) is 16.3 Å². The van der Waals surface area contributed by atoms with Crippen molar-refractivity contribution >= 4 is 0 Å². The van der Waals surface area contributed by atoms with E-state index >= 15 is 0 Å². The molecule has 23 heavy (non-hydrogen) atoms. The molecule has 0 unspecified atom stereocenters. The molecule has 2 saturated carbocycles. The van der Waals surface area contributed by atoms with Crippen LogP contribution in [0.5, 0.6) is 5.75 Å². The van der Waals surface area contributed by atoms with Crippen molar-refractivity contribution < 1.29 is 10.2 Å². The first-order valence-corrected chi connectivity index (χ1v) is 9.55. The molecule has 1 aromatic rings. The fourth-order valence-electron chi connectivity index (χ4n) is 6.31. The molecule has 0 spiro atoms. The topological polar surface area (TPSA) is 40.5 Å². The summed E-state index contributed by atoms with van der Waals surface area (Å²) in [7, 11) is 0. The third kappa shape index (κ3) is 2.25. The molecule has 3 aliphatic carbocycles. The lowest BCUT2D eigenvalue weighted by Crippen LogP contribution is -2.44. The molecule has 3 aliphatic rings. The van der Waals surface area contributed by atoms with E-state index in [1.807, 2.05) is 12.1 Å². The molecule has 2 heteroatoms. The highest BCUT2D eigenvalue weighted by atomic mass is 16.3. The van der Waals surface area contributed by atoms with Gasteiger partial charge < -0.3 is 10.2 Å². The van der Waals surface area contributed by atoms with Crippen molar-refractivity contribution in [3.63, 3.8) is 0 Å². The largest absolute Gasteiger partial charge is 0.508 e. The van der Waals surface area contributed by atoms with E-state index in [4.69, 9.17) is 0 Å². The van der Waals surface area contributed by atoms with Gasteiger partial charge in [0.25, 0.3) is 0 Å². The van der Waals surface area contributed by atoms with Gasteiger partial charge in [-0.2, -0.15) is 0 Å². The summed E-state index contributed by atoms with van der Waals surface area (Å²) < 4.78 is 0. The molecule has 0 saturated heterocycles. The highest BCUT2D eigenvalue weighted by Gasteiger charge is 2.55. The minimum absolute atomic E-state index is 0.0979. The molecule has 126 valence electrons. The van der Waals surface area contributed by atoms with Crippen LogP contribution in [0.3, 0.4) is 0 Å². The van der Waals surface area contributed by atoms with Gasteiger partial charge in [-0.05, 0) is 90.9 Å². The van der Waals surface area contributed by atoms with Gasteiger partial charge in [0, 0.05) is 0 Å². The Labute approximate surface area is 139 Å². The average Bonchev–Trinajstić information content (AvgIpc) is 2.83. The Bertz CT molecular complexity index is 596. The number of fused-ring (bicyclic) bond motifs is 5. The Hall–Kier alpha value is -1.02. The lowest BCUT2D eigenvalue weighted by atomic mass is 9.53. The molecular formula is C21H30O2. The van der Waals surface area contributed by atoms with Crippen LogP contribution in [-0.2, 0) is 0 Å². The van der Waals surface area contributed by atoms with Crippen LogP contribution in [0.2, 0.25) is 0 Å². The summed E-state index contributed by atoms with van der Waals surface area (Å²) in [6.07, 6.45) is 8.11. The SMILES string of the molecule is CCC[C@@H]1C[C@@H]2[C@H](CC[C@]3(C)[C@@H](O)CC[C@@H]23)c2ccc(O)cc21. The maximum atomic E-state index is 10.5. The van der Waals surface area contributed by atoms with Crippen LogP contribution in [0.4, 0.5) is 0 Å². The third-order valence-electron chi connectivity index (χ3n) is 7.49. The van der Waals surface area contributed by atoms with E-state index in [9.17, 15) is 10.2 Å². The lowest BCUT2D eigenvalue weighted by molar-refractivity contribution is -0.0252. The first-order valence-electron chi connectivity index (χ1n) is 9.55. The summed E-state index contributed by atoms with van der Waals surface area (Å²) in [5.74, 6) is 3.04. The second-order valence-electron chi connectivity index (χ2n) is 8.55. The maximum Gasteiger partial charge on any atom is 0.115 e. The number of aliphatic hydroxyl groups is 1. The van der Waals surface area contributed by atoms with Crippen LogP contribution in [0.25, 0.3) is 0 Å². The van der Waals surface area contributed by atoms with Crippen molar-refractivity contribution in [2.75, 3.05) is 0 Å². The second-order valence-corrected chi connectivity index (χ2v) is 8.55. The monoisotopic (exact) mass is 314 g/mol. The molecule has 1 aromatic carbocycles. The van der Waals surface area contributed by atoms with Crippen LogP contribution in [0.15, 0.2) is 18.2 Å². The van der Waals surface area contributed by atoms with Gasteiger partial charge in [-0.1, -0.05) is 26.3 Å². The molecule has 2 nitrogen and oxygen atoms in total. The number of phenolic OH excluding ortho intramolecular Hbond substituents is 1. The van der Waals surface area contributed by atoms with Gasteiger partial charge in [0.1, 0.15) is 5.75 Å². The first-order chi connectivity index (χ1) is 11.0. The molecular weight excluding hydrogens is 284 g/mol. The van der Waals surface area contributed by atoms with Crippen LogP contribution >= 0.6 is 0 Å². The van der Waals surface area contributed by atoms with Crippen LogP contribution in [0, 0.1) is 17.3 Å². The highest BCUT2D eigenvalue weighted by molar-refractivity contribution is 5.42. The number of aromatic hydroxyl groups is 1. The Morgan fingerprint density at radius 1 is 1.17 bits per heavy atom. The van der Waals surface area contributed by atoms with Crippen LogP contribution < -0.4 is 0 Å². The molecule has 0 bridgehead atoms. The molecule has 2 fully saturated rings. The van der Waals surface area contributed by atoms with Gasteiger partial charge in [0.2, 0.25) is 0 Å². The number of benzene rings is 1. The predicted octanol–water partition coefficient (Wildman–Crippen LogP) is 4.95. The maximum absolute atomic E-state index is 10.5. The molecule has 0 radical (unpaired) electrons. The van der Waals surface area contributed by atoms with Crippen molar-refractivity contribution in [2.45, 2.75) is 76.7 Å². The van der Waals surface area contributed by atoms with Gasteiger partial charge in [-0.15, -0.1) is 0 Å². The Kier molecular flexibility index (Phi) is 3.72. The van der Waals surface area contributed by atoms with E-state index in [-0.39, 0.29) is 11.5 Å². The molecule has 4 rings (SSSR count). The van der Waals surface area contributed by atoms with Crippen LogP contribution in [0.1, 0.15) is 81.8 Å². The molecule has 0 aromatic heterocycles. The Morgan fingerprint density at radius 3 is 2.78 bits per heavy atom. The van der Waals surface area contributed by atoms with E-state index in [1.165, 1.54) is 43.2 Å². The number of hydrogen-bond donors (Lipinski definition) is 2. The summed E-state index contributed by atoms with van der Waals surface area (Å²) in [6, 6.07) is 6.10. The van der Waals surface area contributed by atoms with E-state index in [0.29, 0.717) is 23.5 Å².